The van der Waals surface area contributed by atoms with Crippen molar-refractivity contribution < 1.29 is 19.0 Å². The lowest BCUT2D eigenvalue weighted by Crippen LogP contribution is -2.39. The summed E-state index contributed by atoms with van der Waals surface area (Å²) in [5.74, 6) is 0.127. The molecular weight excluding hydrogens is 260 g/mol. The third-order valence-corrected chi connectivity index (χ3v) is 2.81. The summed E-state index contributed by atoms with van der Waals surface area (Å²) in [6, 6.07) is 7.51. The van der Waals surface area contributed by atoms with Gasteiger partial charge in [-0.2, -0.15) is 0 Å². The van der Waals surface area contributed by atoms with Crippen molar-refractivity contribution in [3.63, 3.8) is 0 Å². The molecule has 3 N–H and O–H groups in total. The average molecular weight is 282 g/mol. The highest BCUT2D eigenvalue weighted by molar-refractivity contribution is 5.75. The van der Waals surface area contributed by atoms with Crippen molar-refractivity contribution >= 4 is 5.91 Å². The summed E-state index contributed by atoms with van der Waals surface area (Å²) in [4.78, 5) is 10.6. The molecule has 1 unspecified atom stereocenters. The van der Waals surface area contributed by atoms with Gasteiger partial charge in [-0.25, -0.2) is 0 Å². The van der Waals surface area contributed by atoms with Crippen LogP contribution in [0.1, 0.15) is 12.5 Å². The zero-order chi connectivity index (χ0) is 15.0. The van der Waals surface area contributed by atoms with Crippen LogP contribution >= 0.6 is 0 Å². The van der Waals surface area contributed by atoms with Crippen molar-refractivity contribution in [2.75, 3.05) is 20.8 Å². The van der Waals surface area contributed by atoms with Gasteiger partial charge in [0.1, 0.15) is 5.75 Å². The van der Waals surface area contributed by atoms with Gasteiger partial charge in [-0.05, 0) is 24.6 Å². The van der Waals surface area contributed by atoms with Crippen molar-refractivity contribution in [3.05, 3.63) is 29.8 Å². The molecule has 112 valence electrons. The molecule has 0 radical (unpaired) electrons. The Hall–Kier alpha value is -1.63. The maximum atomic E-state index is 10.6. The first-order chi connectivity index (χ1) is 9.56. The highest BCUT2D eigenvalue weighted by Crippen LogP contribution is 2.12. The zero-order valence-electron chi connectivity index (χ0n) is 12.1. The van der Waals surface area contributed by atoms with Crippen LogP contribution in [0.25, 0.3) is 0 Å². The average Bonchev–Trinajstić information content (AvgIpc) is 2.45. The van der Waals surface area contributed by atoms with Crippen LogP contribution in [-0.2, 0) is 20.8 Å². The van der Waals surface area contributed by atoms with Gasteiger partial charge in [0.25, 0.3) is 5.91 Å². The standard InChI is InChI=1S/C14H22N2O4/c1-10(14(18-2)19-3)16-8-11-4-6-12(7-5-11)20-9-13(15)17/h4-7,10,14,16H,8-9H2,1-3H3,(H2,15,17). The third-order valence-electron chi connectivity index (χ3n) is 2.81. The van der Waals surface area contributed by atoms with Crippen LogP contribution in [0, 0.1) is 0 Å². The first-order valence-corrected chi connectivity index (χ1v) is 6.35. The summed E-state index contributed by atoms with van der Waals surface area (Å²) in [6.45, 7) is 2.56. The molecule has 1 amide bonds. The number of methoxy groups -OCH3 is 2. The Labute approximate surface area is 119 Å². The number of nitrogens with one attached hydrogen (secondary N) is 1. The van der Waals surface area contributed by atoms with Gasteiger partial charge in [0, 0.05) is 20.8 Å². The van der Waals surface area contributed by atoms with Crippen LogP contribution < -0.4 is 15.8 Å². The zero-order valence-corrected chi connectivity index (χ0v) is 12.1. The Bertz CT molecular complexity index is 404. The highest BCUT2D eigenvalue weighted by Gasteiger charge is 2.14. The Balaban J connectivity index is 2.43. The second kappa shape index (κ2) is 8.52. The Morgan fingerprint density at radius 2 is 1.85 bits per heavy atom. The number of amides is 1. The SMILES string of the molecule is COC(OC)C(C)NCc1ccc(OCC(N)=O)cc1. The first-order valence-electron chi connectivity index (χ1n) is 6.35. The minimum Gasteiger partial charge on any atom is -0.484 e. The number of benzene rings is 1. The fourth-order valence-electron chi connectivity index (χ4n) is 1.74. The molecule has 0 fully saturated rings. The number of primary amides is 1. The molecule has 0 aliphatic carbocycles. The predicted molar refractivity (Wildman–Crippen MR) is 75.2 cm³/mol. The fourth-order valence-corrected chi connectivity index (χ4v) is 1.74. The highest BCUT2D eigenvalue weighted by atomic mass is 16.7. The maximum absolute atomic E-state index is 10.6. The molecule has 1 rings (SSSR count). The van der Waals surface area contributed by atoms with Crippen LogP contribution in [0.15, 0.2) is 24.3 Å². The van der Waals surface area contributed by atoms with Gasteiger partial charge in [-0.15, -0.1) is 0 Å². The minimum absolute atomic E-state index is 0.0655. The number of carbonyl (C=O) groups excluding carboxylic acids is 1. The summed E-state index contributed by atoms with van der Waals surface area (Å²) >= 11 is 0. The van der Waals surface area contributed by atoms with E-state index in [4.69, 9.17) is 19.9 Å². The molecular formula is C14H22N2O4. The quantitative estimate of drug-likeness (QED) is 0.650. The molecule has 0 saturated heterocycles. The number of nitrogens with two attached hydrogens (primary N) is 1. The van der Waals surface area contributed by atoms with Gasteiger partial charge < -0.3 is 25.3 Å². The van der Waals surface area contributed by atoms with E-state index in [0.717, 1.165) is 5.56 Å². The van der Waals surface area contributed by atoms with E-state index in [1.807, 2.05) is 19.1 Å². The molecule has 6 heteroatoms. The van der Waals surface area contributed by atoms with Crippen LogP contribution in [0.5, 0.6) is 5.75 Å². The predicted octanol–water partition coefficient (Wildman–Crippen LogP) is 0.648. The first kappa shape index (κ1) is 16.4. The lowest BCUT2D eigenvalue weighted by Gasteiger charge is -2.22. The van der Waals surface area contributed by atoms with Gasteiger partial charge in [-0.3, -0.25) is 4.79 Å². The number of rotatable bonds is 9. The molecule has 0 bridgehead atoms. The third kappa shape index (κ3) is 5.56. The molecule has 0 aliphatic rings. The summed E-state index contributed by atoms with van der Waals surface area (Å²) in [5.41, 5.74) is 6.10. The lowest BCUT2D eigenvalue weighted by molar-refractivity contribution is -0.120. The van der Waals surface area contributed by atoms with Crippen molar-refractivity contribution in [3.8, 4) is 5.75 Å². The molecule has 1 aromatic rings. The topological polar surface area (TPSA) is 82.8 Å². The van der Waals surface area contributed by atoms with E-state index < -0.39 is 5.91 Å². The smallest absolute Gasteiger partial charge is 0.255 e. The van der Waals surface area contributed by atoms with Gasteiger partial charge in [-0.1, -0.05) is 12.1 Å². The van der Waals surface area contributed by atoms with Gasteiger partial charge in [0.15, 0.2) is 12.9 Å². The summed E-state index contributed by atoms with van der Waals surface area (Å²) < 4.78 is 15.5. The number of hydrogen-bond acceptors (Lipinski definition) is 5. The second-order valence-corrected chi connectivity index (χ2v) is 4.41. The van der Waals surface area contributed by atoms with E-state index in [0.29, 0.717) is 12.3 Å². The summed E-state index contributed by atoms with van der Waals surface area (Å²) in [5, 5.41) is 3.31. The van der Waals surface area contributed by atoms with Crippen LogP contribution in [0.4, 0.5) is 0 Å². The maximum Gasteiger partial charge on any atom is 0.255 e. The lowest BCUT2D eigenvalue weighted by atomic mass is 10.2. The number of hydrogen-bond donors (Lipinski definition) is 2. The van der Waals surface area contributed by atoms with Gasteiger partial charge >= 0.3 is 0 Å². The fraction of sp³-hybridized carbons (Fsp3) is 0.500. The van der Waals surface area contributed by atoms with Crippen LogP contribution in [-0.4, -0.2) is 39.1 Å². The van der Waals surface area contributed by atoms with Crippen molar-refractivity contribution in [1.29, 1.82) is 0 Å². The summed E-state index contributed by atoms with van der Waals surface area (Å²) in [7, 11) is 3.22. The summed E-state index contributed by atoms with van der Waals surface area (Å²) in [6.07, 6.45) is -0.284. The van der Waals surface area contributed by atoms with Gasteiger partial charge in [0.2, 0.25) is 0 Å². The van der Waals surface area contributed by atoms with Crippen LogP contribution in [0.3, 0.4) is 0 Å². The van der Waals surface area contributed by atoms with E-state index in [1.54, 1.807) is 26.4 Å². The van der Waals surface area contributed by atoms with E-state index in [1.165, 1.54) is 0 Å². The molecule has 0 heterocycles. The molecule has 0 saturated carbocycles. The molecule has 20 heavy (non-hydrogen) atoms. The number of carbonyl (C=O) groups is 1. The van der Waals surface area contributed by atoms with E-state index in [-0.39, 0.29) is 18.9 Å². The van der Waals surface area contributed by atoms with Crippen LogP contribution in [0.2, 0.25) is 0 Å². The largest absolute Gasteiger partial charge is 0.484 e. The second-order valence-electron chi connectivity index (χ2n) is 4.41. The van der Waals surface area contributed by atoms with Gasteiger partial charge in [0.05, 0.1) is 6.04 Å². The normalized spacial score (nSPS) is 12.4. The molecule has 0 aromatic heterocycles. The van der Waals surface area contributed by atoms with E-state index in [2.05, 4.69) is 5.32 Å². The Morgan fingerprint density at radius 3 is 2.35 bits per heavy atom. The minimum atomic E-state index is -0.491. The van der Waals surface area contributed by atoms with Crippen molar-refractivity contribution in [2.24, 2.45) is 5.73 Å². The van der Waals surface area contributed by atoms with E-state index in [9.17, 15) is 4.79 Å². The molecule has 6 nitrogen and oxygen atoms in total. The molecule has 1 aromatic carbocycles. The molecule has 0 spiro atoms. The van der Waals surface area contributed by atoms with Crippen molar-refractivity contribution in [2.45, 2.75) is 25.8 Å². The monoisotopic (exact) mass is 282 g/mol. The number of ether oxygens (including phenoxy) is 3. The molecule has 1 atom stereocenters. The Morgan fingerprint density at radius 1 is 1.25 bits per heavy atom. The molecule has 0 aliphatic heterocycles. The Kier molecular flexibility index (Phi) is 7.00. The van der Waals surface area contributed by atoms with Crippen molar-refractivity contribution in [1.82, 2.24) is 5.32 Å². The van der Waals surface area contributed by atoms with E-state index >= 15 is 0 Å².